The van der Waals surface area contributed by atoms with E-state index in [9.17, 15) is 0 Å². The summed E-state index contributed by atoms with van der Waals surface area (Å²) in [6.45, 7) is 1.11. The Labute approximate surface area is 95.0 Å². The number of aliphatic hydroxyl groups excluding tert-OH is 1. The Morgan fingerprint density at radius 1 is 1.19 bits per heavy atom. The summed E-state index contributed by atoms with van der Waals surface area (Å²) in [5, 5.41) is 9.03. The summed E-state index contributed by atoms with van der Waals surface area (Å²) < 4.78 is 15.3. The fourth-order valence-electron chi connectivity index (χ4n) is 1.18. The summed E-state index contributed by atoms with van der Waals surface area (Å²) in [4.78, 5) is 4.10. The van der Waals surface area contributed by atoms with Gasteiger partial charge in [-0.25, -0.2) is 0 Å². The van der Waals surface area contributed by atoms with Crippen molar-refractivity contribution < 1.29 is 19.3 Å². The van der Waals surface area contributed by atoms with Crippen LogP contribution in [0.3, 0.4) is 0 Å². The molecule has 1 N–H and O–H groups in total. The van der Waals surface area contributed by atoms with Gasteiger partial charge in [0.15, 0.2) is 0 Å². The Balaban J connectivity index is 2.57. The Morgan fingerprint density at radius 2 is 1.94 bits per heavy atom. The van der Waals surface area contributed by atoms with Crippen molar-refractivity contribution in [2.24, 2.45) is 0 Å². The lowest BCUT2D eigenvalue weighted by Crippen LogP contribution is -2.03. The number of methoxy groups -OCH3 is 2. The molecule has 16 heavy (non-hydrogen) atoms. The molecular weight excluding hydrogens is 210 g/mol. The Hall–Kier alpha value is -1.33. The third-order valence-corrected chi connectivity index (χ3v) is 1.97. The summed E-state index contributed by atoms with van der Waals surface area (Å²) in [5.74, 6) is 0.896. The van der Waals surface area contributed by atoms with Crippen LogP contribution in [-0.2, 0) is 11.3 Å². The number of rotatable bonds is 7. The van der Waals surface area contributed by atoms with Gasteiger partial charge in [-0.1, -0.05) is 0 Å². The smallest absolute Gasteiger partial charge is 0.216 e. The molecule has 5 heteroatoms. The first-order valence-corrected chi connectivity index (χ1v) is 5.07. The van der Waals surface area contributed by atoms with Gasteiger partial charge < -0.3 is 19.3 Å². The van der Waals surface area contributed by atoms with Gasteiger partial charge in [-0.3, -0.25) is 0 Å². The summed E-state index contributed by atoms with van der Waals surface area (Å²) in [6, 6.07) is 3.36. The van der Waals surface area contributed by atoms with E-state index in [1.165, 1.54) is 7.11 Å². The molecule has 5 nitrogen and oxygen atoms in total. The zero-order chi connectivity index (χ0) is 11.8. The number of aromatic nitrogens is 1. The lowest BCUT2D eigenvalue weighted by molar-refractivity contribution is 0.170. The molecule has 0 bridgehead atoms. The second-order valence-electron chi connectivity index (χ2n) is 3.21. The summed E-state index contributed by atoms with van der Waals surface area (Å²) >= 11 is 0. The van der Waals surface area contributed by atoms with E-state index >= 15 is 0 Å². The molecule has 0 aliphatic heterocycles. The molecule has 0 atom stereocenters. The van der Waals surface area contributed by atoms with Crippen molar-refractivity contribution in [3.05, 3.63) is 17.7 Å². The molecule has 0 spiro atoms. The first-order valence-electron chi connectivity index (χ1n) is 5.07. The molecule has 0 saturated heterocycles. The van der Waals surface area contributed by atoms with Crippen LogP contribution < -0.4 is 9.47 Å². The van der Waals surface area contributed by atoms with Crippen molar-refractivity contribution in [3.63, 3.8) is 0 Å². The third kappa shape index (κ3) is 4.04. The molecule has 1 rings (SSSR count). The Kier molecular flexibility index (Phi) is 5.60. The molecule has 0 aliphatic carbocycles. The fraction of sp³-hybridized carbons (Fsp3) is 0.545. The molecule has 0 amide bonds. The van der Waals surface area contributed by atoms with Crippen LogP contribution in [0.4, 0.5) is 0 Å². The zero-order valence-corrected chi connectivity index (χ0v) is 9.60. The van der Waals surface area contributed by atoms with E-state index in [1.54, 1.807) is 19.2 Å². The normalized spacial score (nSPS) is 10.2. The van der Waals surface area contributed by atoms with E-state index < -0.39 is 0 Å². The minimum atomic E-state index is -0.0622. The SMILES string of the molecule is COCCCOc1cc(CO)cc(OC)n1. The molecule has 1 aromatic heterocycles. The molecular formula is C11H17NO4. The van der Waals surface area contributed by atoms with Crippen molar-refractivity contribution >= 4 is 0 Å². The largest absolute Gasteiger partial charge is 0.481 e. The van der Waals surface area contributed by atoms with Crippen LogP contribution in [0, 0.1) is 0 Å². The van der Waals surface area contributed by atoms with Crippen molar-refractivity contribution in [3.8, 4) is 11.8 Å². The topological polar surface area (TPSA) is 60.8 Å². The van der Waals surface area contributed by atoms with Crippen LogP contribution in [0.2, 0.25) is 0 Å². The number of nitrogens with zero attached hydrogens (tertiary/aromatic N) is 1. The fourth-order valence-corrected chi connectivity index (χ4v) is 1.18. The maximum atomic E-state index is 9.03. The van der Waals surface area contributed by atoms with Crippen molar-refractivity contribution in [1.29, 1.82) is 0 Å². The van der Waals surface area contributed by atoms with Gasteiger partial charge in [-0.05, 0) is 5.56 Å². The van der Waals surface area contributed by atoms with E-state index in [4.69, 9.17) is 19.3 Å². The van der Waals surface area contributed by atoms with Gasteiger partial charge in [0.05, 0.1) is 20.3 Å². The Bertz CT molecular complexity index is 295. The molecule has 1 heterocycles. The van der Waals surface area contributed by atoms with Crippen molar-refractivity contribution in [2.45, 2.75) is 13.0 Å². The molecule has 0 aromatic carbocycles. The van der Waals surface area contributed by atoms with E-state index in [0.717, 1.165) is 6.42 Å². The highest BCUT2D eigenvalue weighted by Crippen LogP contribution is 2.17. The minimum Gasteiger partial charge on any atom is -0.481 e. The standard InChI is InChI=1S/C11H17NO4/c1-14-4-3-5-16-11-7-9(8-13)6-10(12-11)15-2/h6-7,13H,3-5,8H2,1-2H3. The van der Waals surface area contributed by atoms with Gasteiger partial charge in [0, 0.05) is 32.3 Å². The van der Waals surface area contributed by atoms with E-state index in [0.29, 0.717) is 30.5 Å². The second kappa shape index (κ2) is 7.03. The average Bonchev–Trinajstić information content (AvgIpc) is 2.34. The van der Waals surface area contributed by atoms with Crippen LogP contribution in [0.25, 0.3) is 0 Å². The molecule has 0 unspecified atom stereocenters. The zero-order valence-electron chi connectivity index (χ0n) is 9.60. The predicted molar refractivity (Wildman–Crippen MR) is 58.7 cm³/mol. The van der Waals surface area contributed by atoms with E-state index in [-0.39, 0.29) is 6.61 Å². The molecule has 1 aromatic rings. The highest BCUT2D eigenvalue weighted by atomic mass is 16.5. The molecule has 0 fully saturated rings. The quantitative estimate of drug-likeness (QED) is 0.704. The average molecular weight is 227 g/mol. The lowest BCUT2D eigenvalue weighted by Gasteiger charge is -2.08. The first kappa shape index (κ1) is 12.7. The highest BCUT2D eigenvalue weighted by Gasteiger charge is 2.03. The number of ether oxygens (including phenoxy) is 3. The summed E-state index contributed by atoms with van der Waals surface area (Å²) in [7, 11) is 3.17. The van der Waals surface area contributed by atoms with Gasteiger partial charge in [0.1, 0.15) is 0 Å². The van der Waals surface area contributed by atoms with E-state index in [1.807, 2.05) is 0 Å². The molecule has 0 saturated carbocycles. The summed E-state index contributed by atoms with van der Waals surface area (Å²) in [6.07, 6.45) is 0.795. The third-order valence-electron chi connectivity index (χ3n) is 1.97. The van der Waals surface area contributed by atoms with Crippen LogP contribution in [-0.4, -0.2) is 37.5 Å². The number of aliphatic hydroxyl groups is 1. The Morgan fingerprint density at radius 3 is 2.56 bits per heavy atom. The van der Waals surface area contributed by atoms with Crippen LogP contribution in [0.15, 0.2) is 12.1 Å². The molecule has 0 aliphatic rings. The predicted octanol–water partition coefficient (Wildman–Crippen LogP) is 0.998. The second-order valence-corrected chi connectivity index (χ2v) is 3.21. The monoisotopic (exact) mass is 227 g/mol. The lowest BCUT2D eigenvalue weighted by atomic mass is 10.3. The maximum absolute atomic E-state index is 9.03. The van der Waals surface area contributed by atoms with Gasteiger partial charge in [0.2, 0.25) is 11.8 Å². The summed E-state index contributed by atoms with van der Waals surface area (Å²) in [5.41, 5.74) is 0.716. The van der Waals surface area contributed by atoms with Gasteiger partial charge in [-0.15, -0.1) is 0 Å². The van der Waals surface area contributed by atoms with Crippen molar-refractivity contribution in [1.82, 2.24) is 4.98 Å². The van der Waals surface area contributed by atoms with Gasteiger partial charge in [0.25, 0.3) is 0 Å². The maximum Gasteiger partial charge on any atom is 0.216 e. The number of hydrogen-bond acceptors (Lipinski definition) is 5. The van der Waals surface area contributed by atoms with E-state index in [2.05, 4.69) is 4.98 Å². The van der Waals surface area contributed by atoms with Crippen LogP contribution in [0.1, 0.15) is 12.0 Å². The molecule has 0 radical (unpaired) electrons. The number of pyridine rings is 1. The minimum absolute atomic E-state index is 0.0622. The first-order chi connectivity index (χ1) is 7.80. The van der Waals surface area contributed by atoms with Gasteiger partial charge >= 0.3 is 0 Å². The molecule has 90 valence electrons. The van der Waals surface area contributed by atoms with Crippen molar-refractivity contribution in [2.75, 3.05) is 27.4 Å². The van der Waals surface area contributed by atoms with Crippen LogP contribution >= 0.6 is 0 Å². The number of hydrogen-bond donors (Lipinski definition) is 1. The highest BCUT2D eigenvalue weighted by molar-refractivity contribution is 5.27. The van der Waals surface area contributed by atoms with Crippen LogP contribution in [0.5, 0.6) is 11.8 Å². The van der Waals surface area contributed by atoms with Gasteiger partial charge in [-0.2, -0.15) is 4.98 Å².